The van der Waals surface area contributed by atoms with Gasteiger partial charge in [0.15, 0.2) is 8.32 Å². The van der Waals surface area contributed by atoms with E-state index in [-0.39, 0.29) is 17.1 Å². The van der Waals surface area contributed by atoms with E-state index in [2.05, 4.69) is 33.9 Å². The van der Waals surface area contributed by atoms with Gasteiger partial charge in [-0.25, -0.2) is 0 Å². The van der Waals surface area contributed by atoms with E-state index in [4.69, 9.17) is 19.6 Å². The minimum absolute atomic E-state index is 0.114. The highest BCUT2D eigenvalue weighted by atomic mass is 28.4. The first-order valence-corrected chi connectivity index (χ1v) is 10.1. The van der Waals surface area contributed by atoms with E-state index in [1.807, 2.05) is 6.92 Å². The van der Waals surface area contributed by atoms with E-state index in [0.29, 0.717) is 12.4 Å². The third kappa shape index (κ3) is 6.19. The largest absolute Gasteiger partial charge is 0.501 e. The highest BCUT2D eigenvalue weighted by molar-refractivity contribution is 6.74. The molecule has 0 radical (unpaired) electrons. The summed E-state index contributed by atoms with van der Waals surface area (Å²) in [5, 5.41) is 0.141. The second-order valence-electron chi connectivity index (χ2n) is 6.79. The first-order valence-electron chi connectivity index (χ1n) is 7.18. The number of nitrogens with two attached hydrogens (primary N) is 1. The zero-order chi connectivity index (χ0) is 16.8. The summed E-state index contributed by atoms with van der Waals surface area (Å²) in [5.74, 6) is -0.135. The van der Waals surface area contributed by atoms with E-state index in [1.165, 1.54) is 13.2 Å². The molecule has 0 fully saturated rings. The number of carbonyl (C=O) groups excluding carboxylic acids is 1. The zero-order valence-corrected chi connectivity index (χ0v) is 15.6. The molecule has 0 bridgehead atoms. The van der Waals surface area contributed by atoms with Crippen molar-refractivity contribution < 1.29 is 18.7 Å². The van der Waals surface area contributed by atoms with Crippen molar-refractivity contribution in [2.24, 2.45) is 11.7 Å². The SMILES string of the molecule is CO/C(=C/C(N)=O)[C@H](C)[C@H](CO[Si](C)(C)C(C)(C)C)OC. The van der Waals surface area contributed by atoms with E-state index >= 15 is 0 Å². The minimum Gasteiger partial charge on any atom is -0.501 e. The van der Waals surface area contributed by atoms with Crippen LogP contribution in [0.4, 0.5) is 0 Å². The Morgan fingerprint density at radius 3 is 2.14 bits per heavy atom. The van der Waals surface area contributed by atoms with Gasteiger partial charge in [0.2, 0.25) is 5.91 Å². The van der Waals surface area contributed by atoms with Crippen LogP contribution in [0.25, 0.3) is 0 Å². The van der Waals surface area contributed by atoms with Crippen LogP contribution in [-0.2, 0) is 18.7 Å². The fourth-order valence-electron chi connectivity index (χ4n) is 1.62. The molecule has 0 aromatic carbocycles. The summed E-state index contributed by atoms with van der Waals surface area (Å²) in [6.07, 6.45) is 1.10. The maximum absolute atomic E-state index is 11.0. The summed E-state index contributed by atoms with van der Waals surface area (Å²) < 4.78 is 16.9. The normalized spacial score (nSPS) is 16.5. The van der Waals surface area contributed by atoms with Crippen molar-refractivity contribution >= 4 is 14.2 Å². The number of carbonyl (C=O) groups is 1. The van der Waals surface area contributed by atoms with Gasteiger partial charge in [-0.15, -0.1) is 0 Å². The molecule has 0 aliphatic rings. The van der Waals surface area contributed by atoms with Gasteiger partial charge in [-0.05, 0) is 18.1 Å². The number of hydrogen-bond donors (Lipinski definition) is 1. The molecular weight excluding hydrogens is 286 g/mol. The second-order valence-corrected chi connectivity index (χ2v) is 11.6. The number of rotatable bonds is 8. The van der Waals surface area contributed by atoms with E-state index in [0.717, 1.165) is 0 Å². The van der Waals surface area contributed by atoms with E-state index in [1.54, 1.807) is 7.11 Å². The lowest BCUT2D eigenvalue weighted by molar-refractivity contribution is -0.113. The van der Waals surface area contributed by atoms with Gasteiger partial charge in [-0.3, -0.25) is 4.79 Å². The van der Waals surface area contributed by atoms with Crippen molar-refractivity contribution in [3.05, 3.63) is 11.8 Å². The Balaban J connectivity index is 4.91. The molecule has 0 saturated heterocycles. The highest BCUT2D eigenvalue weighted by Crippen LogP contribution is 2.37. The molecular formula is C15H31NO4Si. The molecule has 21 heavy (non-hydrogen) atoms. The molecule has 6 heteroatoms. The summed E-state index contributed by atoms with van der Waals surface area (Å²) in [6.45, 7) is 13.4. The molecule has 2 atom stereocenters. The van der Waals surface area contributed by atoms with Crippen LogP contribution in [-0.4, -0.2) is 41.2 Å². The third-order valence-electron chi connectivity index (χ3n) is 4.24. The number of amides is 1. The molecule has 0 aromatic heterocycles. The van der Waals surface area contributed by atoms with Gasteiger partial charge in [-0.2, -0.15) is 0 Å². The average molecular weight is 318 g/mol. The van der Waals surface area contributed by atoms with Crippen molar-refractivity contribution in [2.75, 3.05) is 20.8 Å². The van der Waals surface area contributed by atoms with Crippen LogP contribution in [0.2, 0.25) is 18.1 Å². The molecule has 0 aliphatic carbocycles. The summed E-state index contributed by atoms with van der Waals surface area (Å²) in [5.41, 5.74) is 5.19. The Labute approximate surface area is 130 Å². The Bertz CT molecular complexity index is 374. The predicted molar refractivity (Wildman–Crippen MR) is 87.4 cm³/mol. The van der Waals surface area contributed by atoms with Crippen molar-refractivity contribution in [3.63, 3.8) is 0 Å². The molecule has 0 aliphatic heterocycles. The predicted octanol–water partition coefficient (Wildman–Crippen LogP) is 2.67. The topological polar surface area (TPSA) is 70.8 Å². The third-order valence-corrected chi connectivity index (χ3v) is 8.74. The van der Waals surface area contributed by atoms with Crippen LogP contribution in [0, 0.1) is 5.92 Å². The fourth-order valence-corrected chi connectivity index (χ4v) is 2.64. The first kappa shape index (κ1) is 20.1. The zero-order valence-electron chi connectivity index (χ0n) is 14.6. The Kier molecular flexibility index (Phi) is 7.64. The van der Waals surface area contributed by atoms with Gasteiger partial charge in [0.1, 0.15) is 5.76 Å². The van der Waals surface area contributed by atoms with Crippen molar-refractivity contribution in [3.8, 4) is 0 Å². The number of primary amides is 1. The summed E-state index contributed by atoms with van der Waals surface area (Å²) in [6, 6.07) is 0. The highest BCUT2D eigenvalue weighted by Gasteiger charge is 2.38. The number of ether oxygens (including phenoxy) is 2. The van der Waals surface area contributed by atoms with E-state index < -0.39 is 14.2 Å². The van der Waals surface area contributed by atoms with Crippen LogP contribution < -0.4 is 5.73 Å². The van der Waals surface area contributed by atoms with Crippen LogP contribution in [0.3, 0.4) is 0 Å². The van der Waals surface area contributed by atoms with Crippen LogP contribution in [0.1, 0.15) is 27.7 Å². The molecule has 0 heterocycles. The van der Waals surface area contributed by atoms with Gasteiger partial charge in [0, 0.05) is 19.1 Å². The first-order chi connectivity index (χ1) is 9.46. The summed E-state index contributed by atoms with van der Waals surface area (Å²) in [7, 11) is 1.31. The molecule has 124 valence electrons. The Morgan fingerprint density at radius 1 is 1.29 bits per heavy atom. The lowest BCUT2D eigenvalue weighted by atomic mass is 10.0. The number of hydrogen-bond acceptors (Lipinski definition) is 4. The number of methoxy groups -OCH3 is 2. The summed E-state index contributed by atoms with van der Waals surface area (Å²) >= 11 is 0. The Hall–Kier alpha value is -0.853. The molecule has 1 amide bonds. The van der Waals surface area contributed by atoms with Crippen LogP contribution in [0.5, 0.6) is 0 Å². The van der Waals surface area contributed by atoms with E-state index in [9.17, 15) is 4.79 Å². The Morgan fingerprint density at radius 2 is 1.81 bits per heavy atom. The van der Waals surface area contributed by atoms with Gasteiger partial charge >= 0.3 is 0 Å². The maximum atomic E-state index is 11.0. The monoisotopic (exact) mass is 317 g/mol. The quantitative estimate of drug-likeness (QED) is 0.424. The smallest absolute Gasteiger partial charge is 0.244 e. The lowest BCUT2D eigenvalue weighted by Crippen LogP contribution is -2.44. The van der Waals surface area contributed by atoms with Gasteiger partial charge in [0.25, 0.3) is 0 Å². The molecule has 0 spiro atoms. The van der Waals surface area contributed by atoms with Crippen LogP contribution in [0.15, 0.2) is 11.8 Å². The standard InChI is InChI=1S/C15H31NO4Si/c1-11(12(18-5)9-14(16)17)13(19-6)10-20-21(7,8)15(2,3)4/h9,11,13H,10H2,1-8H3,(H2,16,17)/b12-9+/t11-,13-/m0/s1. The molecule has 0 aromatic rings. The molecule has 0 saturated carbocycles. The van der Waals surface area contributed by atoms with Crippen molar-refractivity contribution in [1.29, 1.82) is 0 Å². The van der Waals surface area contributed by atoms with Crippen molar-refractivity contribution in [1.82, 2.24) is 0 Å². The maximum Gasteiger partial charge on any atom is 0.244 e. The van der Waals surface area contributed by atoms with Gasteiger partial charge in [-0.1, -0.05) is 27.7 Å². The molecule has 5 nitrogen and oxygen atoms in total. The molecule has 2 N–H and O–H groups in total. The minimum atomic E-state index is -1.84. The summed E-state index contributed by atoms with van der Waals surface area (Å²) in [4.78, 5) is 11.0. The lowest BCUT2D eigenvalue weighted by Gasteiger charge is -2.37. The average Bonchev–Trinajstić information content (AvgIpc) is 2.34. The van der Waals surface area contributed by atoms with Gasteiger partial charge in [0.05, 0.1) is 19.8 Å². The second kappa shape index (κ2) is 7.96. The molecule has 0 unspecified atom stereocenters. The molecule has 0 rings (SSSR count). The van der Waals surface area contributed by atoms with Crippen molar-refractivity contribution in [2.45, 2.75) is 51.9 Å². The fraction of sp³-hybridized carbons (Fsp3) is 0.800. The van der Waals surface area contributed by atoms with Crippen LogP contribution >= 0.6 is 0 Å². The van der Waals surface area contributed by atoms with Gasteiger partial charge < -0.3 is 19.6 Å².